The van der Waals surface area contributed by atoms with Gasteiger partial charge in [-0.05, 0) is 36.4 Å². The van der Waals surface area contributed by atoms with Gasteiger partial charge in [0, 0.05) is 28.4 Å². The standard InChI is InChI=1S/C16H16N2O2/c1-19-13-3-5-14(6-4-13)20-10-11-9-18-16-8-12(17)2-7-15(11)16/h2-9,18H,10,17H2,1H3. The first kappa shape index (κ1) is 12.4. The fourth-order valence-corrected chi connectivity index (χ4v) is 2.16. The molecule has 0 fully saturated rings. The predicted molar refractivity (Wildman–Crippen MR) is 80.0 cm³/mol. The first-order valence-corrected chi connectivity index (χ1v) is 6.38. The molecule has 4 nitrogen and oxygen atoms in total. The second kappa shape index (κ2) is 5.17. The molecule has 0 saturated carbocycles. The van der Waals surface area contributed by atoms with E-state index in [4.69, 9.17) is 15.2 Å². The van der Waals surface area contributed by atoms with Gasteiger partial charge >= 0.3 is 0 Å². The Kier molecular flexibility index (Phi) is 3.21. The van der Waals surface area contributed by atoms with Gasteiger partial charge in [-0.1, -0.05) is 6.07 Å². The van der Waals surface area contributed by atoms with E-state index in [1.165, 1.54) is 0 Å². The monoisotopic (exact) mass is 268 g/mol. The SMILES string of the molecule is COc1ccc(OCc2c[nH]c3cc(N)ccc23)cc1. The highest BCUT2D eigenvalue weighted by atomic mass is 16.5. The highest BCUT2D eigenvalue weighted by Crippen LogP contribution is 2.23. The van der Waals surface area contributed by atoms with Crippen LogP contribution in [0.4, 0.5) is 5.69 Å². The molecule has 0 aliphatic carbocycles. The largest absolute Gasteiger partial charge is 0.497 e. The molecule has 1 aromatic heterocycles. The molecule has 0 unspecified atom stereocenters. The van der Waals surface area contributed by atoms with E-state index in [0.717, 1.165) is 33.7 Å². The Morgan fingerprint density at radius 1 is 1.05 bits per heavy atom. The average molecular weight is 268 g/mol. The number of ether oxygens (including phenoxy) is 2. The number of rotatable bonds is 4. The Morgan fingerprint density at radius 2 is 1.80 bits per heavy atom. The molecule has 102 valence electrons. The Hall–Kier alpha value is -2.62. The summed E-state index contributed by atoms with van der Waals surface area (Å²) in [6, 6.07) is 13.4. The Balaban J connectivity index is 1.76. The highest BCUT2D eigenvalue weighted by molar-refractivity contribution is 5.85. The number of aromatic nitrogens is 1. The Labute approximate surface area is 117 Å². The number of methoxy groups -OCH3 is 1. The van der Waals surface area contributed by atoms with Crippen molar-refractivity contribution in [2.24, 2.45) is 0 Å². The molecule has 3 aromatic rings. The molecule has 0 atom stereocenters. The topological polar surface area (TPSA) is 60.3 Å². The third-order valence-electron chi connectivity index (χ3n) is 3.25. The van der Waals surface area contributed by atoms with Crippen molar-refractivity contribution in [1.29, 1.82) is 0 Å². The van der Waals surface area contributed by atoms with Crippen molar-refractivity contribution in [1.82, 2.24) is 4.98 Å². The van der Waals surface area contributed by atoms with Gasteiger partial charge in [0.25, 0.3) is 0 Å². The van der Waals surface area contributed by atoms with Crippen molar-refractivity contribution >= 4 is 16.6 Å². The second-order valence-electron chi connectivity index (χ2n) is 4.58. The quantitative estimate of drug-likeness (QED) is 0.713. The van der Waals surface area contributed by atoms with Crippen LogP contribution < -0.4 is 15.2 Å². The van der Waals surface area contributed by atoms with E-state index in [-0.39, 0.29) is 0 Å². The van der Waals surface area contributed by atoms with Crippen molar-refractivity contribution in [2.75, 3.05) is 12.8 Å². The van der Waals surface area contributed by atoms with Gasteiger partial charge < -0.3 is 20.2 Å². The smallest absolute Gasteiger partial charge is 0.120 e. The summed E-state index contributed by atoms with van der Waals surface area (Å²) in [7, 11) is 1.65. The van der Waals surface area contributed by atoms with Gasteiger partial charge in [-0.3, -0.25) is 0 Å². The molecule has 2 aromatic carbocycles. The molecule has 0 amide bonds. The minimum absolute atomic E-state index is 0.510. The summed E-state index contributed by atoms with van der Waals surface area (Å²) in [5.74, 6) is 1.63. The van der Waals surface area contributed by atoms with E-state index in [2.05, 4.69) is 4.98 Å². The van der Waals surface area contributed by atoms with Gasteiger partial charge in [-0.15, -0.1) is 0 Å². The van der Waals surface area contributed by atoms with Crippen LogP contribution in [0.15, 0.2) is 48.7 Å². The summed E-state index contributed by atoms with van der Waals surface area (Å²) in [5, 5.41) is 1.13. The molecular formula is C16H16N2O2. The molecule has 0 aliphatic rings. The third kappa shape index (κ3) is 2.40. The van der Waals surface area contributed by atoms with E-state index in [1.54, 1.807) is 7.11 Å². The van der Waals surface area contributed by atoms with Gasteiger partial charge in [0.1, 0.15) is 18.1 Å². The number of fused-ring (bicyclic) bond motifs is 1. The van der Waals surface area contributed by atoms with E-state index in [9.17, 15) is 0 Å². The zero-order chi connectivity index (χ0) is 13.9. The fourth-order valence-electron chi connectivity index (χ4n) is 2.16. The van der Waals surface area contributed by atoms with Crippen molar-refractivity contribution < 1.29 is 9.47 Å². The number of nitrogens with two attached hydrogens (primary N) is 1. The Bertz CT molecular complexity index is 717. The first-order valence-electron chi connectivity index (χ1n) is 6.38. The van der Waals surface area contributed by atoms with Gasteiger partial charge in [0.15, 0.2) is 0 Å². The van der Waals surface area contributed by atoms with Crippen LogP contribution in [-0.2, 0) is 6.61 Å². The minimum Gasteiger partial charge on any atom is -0.497 e. The van der Waals surface area contributed by atoms with Crippen LogP contribution in [0.1, 0.15) is 5.56 Å². The van der Waals surface area contributed by atoms with Gasteiger partial charge in [0.2, 0.25) is 0 Å². The number of hydrogen-bond donors (Lipinski definition) is 2. The van der Waals surface area contributed by atoms with Crippen molar-refractivity contribution in [3.63, 3.8) is 0 Å². The van der Waals surface area contributed by atoms with Crippen molar-refractivity contribution in [3.8, 4) is 11.5 Å². The molecule has 0 spiro atoms. The lowest BCUT2D eigenvalue weighted by molar-refractivity contribution is 0.307. The maximum Gasteiger partial charge on any atom is 0.120 e. The predicted octanol–water partition coefficient (Wildman–Crippen LogP) is 3.34. The number of nitrogens with one attached hydrogen (secondary N) is 1. The first-order chi connectivity index (χ1) is 9.76. The van der Waals surface area contributed by atoms with Crippen LogP contribution in [0.5, 0.6) is 11.5 Å². The van der Waals surface area contributed by atoms with Crippen LogP contribution in [0, 0.1) is 0 Å². The van der Waals surface area contributed by atoms with E-state index in [0.29, 0.717) is 6.61 Å². The average Bonchev–Trinajstić information content (AvgIpc) is 2.88. The van der Waals surface area contributed by atoms with E-state index >= 15 is 0 Å². The third-order valence-corrected chi connectivity index (χ3v) is 3.25. The Morgan fingerprint density at radius 3 is 2.55 bits per heavy atom. The molecule has 0 aliphatic heterocycles. The molecule has 0 saturated heterocycles. The van der Waals surface area contributed by atoms with Gasteiger partial charge in [-0.2, -0.15) is 0 Å². The summed E-state index contributed by atoms with van der Waals surface area (Å²) in [6.45, 7) is 0.510. The molecule has 1 heterocycles. The zero-order valence-electron chi connectivity index (χ0n) is 11.2. The summed E-state index contributed by atoms with van der Waals surface area (Å²) in [6.07, 6.45) is 1.95. The molecule has 3 N–H and O–H groups in total. The molecule has 0 radical (unpaired) electrons. The molecular weight excluding hydrogens is 252 g/mol. The number of benzene rings is 2. The summed E-state index contributed by atoms with van der Waals surface area (Å²) in [4.78, 5) is 3.20. The molecule has 20 heavy (non-hydrogen) atoms. The lowest BCUT2D eigenvalue weighted by Crippen LogP contribution is -1.94. The van der Waals surface area contributed by atoms with Gasteiger partial charge in [0.05, 0.1) is 7.11 Å². The number of aromatic amines is 1. The van der Waals surface area contributed by atoms with Crippen LogP contribution in [0.3, 0.4) is 0 Å². The summed E-state index contributed by atoms with van der Waals surface area (Å²) in [5.41, 5.74) is 8.65. The summed E-state index contributed by atoms with van der Waals surface area (Å²) < 4.78 is 10.9. The maximum absolute atomic E-state index is 5.78. The number of hydrogen-bond acceptors (Lipinski definition) is 3. The molecule has 3 rings (SSSR count). The summed E-state index contributed by atoms with van der Waals surface area (Å²) >= 11 is 0. The number of nitrogen functional groups attached to an aromatic ring is 1. The maximum atomic E-state index is 5.78. The van der Waals surface area contributed by atoms with Crippen LogP contribution in [0.2, 0.25) is 0 Å². The minimum atomic E-state index is 0.510. The van der Waals surface area contributed by atoms with Crippen LogP contribution in [-0.4, -0.2) is 12.1 Å². The molecule has 0 bridgehead atoms. The lowest BCUT2D eigenvalue weighted by Gasteiger charge is -2.06. The van der Waals surface area contributed by atoms with E-state index in [1.807, 2.05) is 48.7 Å². The highest BCUT2D eigenvalue weighted by Gasteiger charge is 2.05. The normalized spacial score (nSPS) is 10.7. The zero-order valence-corrected chi connectivity index (χ0v) is 11.2. The fraction of sp³-hybridized carbons (Fsp3) is 0.125. The lowest BCUT2D eigenvalue weighted by atomic mass is 10.2. The van der Waals surface area contributed by atoms with Crippen LogP contribution >= 0.6 is 0 Å². The number of H-pyrrole nitrogens is 1. The van der Waals surface area contributed by atoms with Crippen molar-refractivity contribution in [3.05, 3.63) is 54.2 Å². The number of anilines is 1. The van der Waals surface area contributed by atoms with Gasteiger partial charge in [-0.25, -0.2) is 0 Å². The van der Waals surface area contributed by atoms with Crippen molar-refractivity contribution in [2.45, 2.75) is 6.61 Å². The van der Waals surface area contributed by atoms with Crippen LogP contribution in [0.25, 0.3) is 10.9 Å². The molecule has 4 heteroatoms. The second-order valence-corrected chi connectivity index (χ2v) is 4.58. The van der Waals surface area contributed by atoms with E-state index < -0.39 is 0 Å².